The number of carbonyl (C=O) groups excluding carboxylic acids is 1. The summed E-state index contributed by atoms with van der Waals surface area (Å²) < 4.78 is 15.9. The summed E-state index contributed by atoms with van der Waals surface area (Å²) in [5.74, 6) is 2.77. The highest BCUT2D eigenvalue weighted by Crippen LogP contribution is 2.32. The molecule has 140 valence electrons. The second-order valence-corrected chi connectivity index (χ2v) is 6.43. The molecule has 1 heterocycles. The molecule has 1 aliphatic rings. The molecule has 0 spiro atoms. The quantitative estimate of drug-likeness (QED) is 0.685. The van der Waals surface area contributed by atoms with Gasteiger partial charge in [-0.15, -0.1) is 0 Å². The molecule has 1 aromatic heterocycles. The van der Waals surface area contributed by atoms with Crippen molar-refractivity contribution in [2.45, 2.75) is 32.6 Å². The van der Waals surface area contributed by atoms with Gasteiger partial charge >= 0.3 is 0 Å². The first kappa shape index (κ1) is 18.2. The smallest absolute Gasteiger partial charge is 0.228 e. The van der Waals surface area contributed by atoms with Gasteiger partial charge in [-0.2, -0.15) is 4.98 Å². The number of hydrogen-bond acceptors (Lipinski definition) is 6. The van der Waals surface area contributed by atoms with Crippen LogP contribution in [0.2, 0.25) is 0 Å². The molecule has 1 amide bonds. The van der Waals surface area contributed by atoms with Gasteiger partial charge in [0.2, 0.25) is 17.6 Å². The molecule has 7 heteroatoms. The van der Waals surface area contributed by atoms with Crippen LogP contribution in [0.1, 0.15) is 32.1 Å². The molecule has 1 fully saturated rings. The largest absolute Gasteiger partial charge is 0.493 e. The van der Waals surface area contributed by atoms with E-state index in [1.165, 1.54) is 0 Å². The van der Waals surface area contributed by atoms with E-state index >= 15 is 0 Å². The molecule has 26 heavy (non-hydrogen) atoms. The Bertz CT molecular complexity index is 755. The van der Waals surface area contributed by atoms with Gasteiger partial charge in [-0.05, 0) is 37.5 Å². The van der Waals surface area contributed by atoms with Gasteiger partial charge in [0, 0.05) is 31.0 Å². The van der Waals surface area contributed by atoms with Crippen molar-refractivity contribution in [1.82, 2.24) is 15.0 Å². The SMILES string of the molecule is CCCN(CCc1nc(-c2ccc(OC)c(OC)c2)no1)C(=O)C1CC1. The minimum atomic E-state index is 0.228. The summed E-state index contributed by atoms with van der Waals surface area (Å²) >= 11 is 0. The molecule has 0 N–H and O–H groups in total. The molecular weight excluding hydrogens is 334 g/mol. The zero-order valence-electron chi connectivity index (χ0n) is 15.5. The predicted molar refractivity (Wildman–Crippen MR) is 96.1 cm³/mol. The molecule has 0 bridgehead atoms. The average Bonchev–Trinajstić information content (AvgIpc) is 3.42. The molecule has 0 unspecified atom stereocenters. The molecule has 3 rings (SSSR count). The Labute approximate surface area is 153 Å². The van der Waals surface area contributed by atoms with E-state index in [-0.39, 0.29) is 11.8 Å². The molecule has 7 nitrogen and oxygen atoms in total. The standard InChI is InChI=1S/C19H25N3O4/c1-4-10-22(19(23)13-5-6-13)11-9-17-20-18(21-26-17)14-7-8-15(24-2)16(12-14)25-3/h7-8,12-13H,4-6,9-11H2,1-3H3. The van der Waals surface area contributed by atoms with Gasteiger partial charge in [-0.3, -0.25) is 4.79 Å². The number of benzene rings is 1. The van der Waals surface area contributed by atoms with Crippen molar-refractivity contribution in [3.8, 4) is 22.9 Å². The van der Waals surface area contributed by atoms with Gasteiger partial charge in [-0.1, -0.05) is 12.1 Å². The molecule has 0 aliphatic heterocycles. The molecule has 0 saturated heterocycles. The number of methoxy groups -OCH3 is 2. The lowest BCUT2D eigenvalue weighted by molar-refractivity contribution is -0.132. The van der Waals surface area contributed by atoms with Crippen LogP contribution in [0.25, 0.3) is 11.4 Å². The Hall–Kier alpha value is -2.57. The Kier molecular flexibility index (Phi) is 5.75. The first-order chi connectivity index (χ1) is 12.7. The lowest BCUT2D eigenvalue weighted by Crippen LogP contribution is -2.34. The highest BCUT2D eigenvalue weighted by Gasteiger charge is 2.33. The average molecular weight is 359 g/mol. The normalized spacial score (nSPS) is 13.5. The summed E-state index contributed by atoms with van der Waals surface area (Å²) in [7, 11) is 3.18. The second-order valence-electron chi connectivity index (χ2n) is 6.43. The molecule has 1 saturated carbocycles. The monoisotopic (exact) mass is 359 g/mol. The van der Waals surface area contributed by atoms with Gasteiger partial charge in [0.25, 0.3) is 0 Å². The Balaban J connectivity index is 1.66. The maximum atomic E-state index is 12.3. The third-order valence-corrected chi connectivity index (χ3v) is 4.44. The van der Waals surface area contributed by atoms with Crippen LogP contribution in [0.4, 0.5) is 0 Å². The summed E-state index contributed by atoms with van der Waals surface area (Å²) in [6.45, 7) is 3.46. The topological polar surface area (TPSA) is 77.7 Å². The molecule has 0 atom stereocenters. The van der Waals surface area contributed by atoms with E-state index in [0.29, 0.717) is 36.2 Å². The zero-order chi connectivity index (χ0) is 18.5. The number of rotatable bonds is 9. The van der Waals surface area contributed by atoms with Gasteiger partial charge < -0.3 is 18.9 Å². The van der Waals surface area contributed by atoms with Crippen LogP contribution in [0.5, 0.6) is 11.5 Å². The fourth-order valence-corrected chi connectivity index (χ4v) is 2.87. The van der Waals surface area contributed by atoms with Gasteiger partial charge in [0.15, 0.2) is 11.5 Å². The maximum absolute atomic E-state index is 12.3. The van der Waals surface area contributed by atoms with E-state index in [0.717, 1.165) is 31.4 Å². The molecular formula is C19H25N3O4. The minimum Gasteiger partial charge on any atom is -0.493 e. The number of amides is 1. The van der Waals surface area contributed by atoms with Crippen molar-refractivity contribution in [3.05, 3.63) is 24.1 Å². The predicted octanol–water partition coefficient (Wildman–Crippen LogP) is 2.94. The lowest BCUT2D eigenvalue weighted by Gasteiger charge is -2.21. The lowest BCUT2D eigenvalue weighted by atomic mass is 10.2. The first-order valence-corrected chi connectivity index (χ1v) is 9.00. The maximum Gasteiger partial charge on any atom is 0.228 e. The third-order valence-electron chi connectivity index (χ3n) is 4.44. The Morgan fingerprint density at radius 2 is 2.00 bits per heavy atom. The molecule has 2 aromatic rings. The van der Waals surface area contributed by atoms with Crippen LogP contribution in [0.15, 0.2) is 22.7 Å². The number of hydrogen-bond donors (Lipinski definition) is 0. The van der Waals surface area contributed by atoms with E-state index in [1.54, 1.807) is 14.2 Å². The summed E-state index contributed by atoms with van der Waals surface area (Å²) in [5.41, 5.74) is 0.789. The van der Waals surface area contributed by atoms with Gasteiger partial charge in [0.05, 0.1) is 14.2 Å². The van der Waals surface area contributed by atoms with Gasteiger partial charge in [-0.25, -0.2) is 0 Å². The highest BCUT2D eigenvalue weighted by molar-refractivity contribution is 5.81. The summed E-state index contributed by atoms with van der Waals surface area (Å²) in [4.78, 5) is 18.7. The van der Waals surface area contributed by atoms with Crippen LogP contribution >= 0.6 is 0 Å². The van der Waals surface area contributed by atoms with E-state index in [1.807, 2.05) is 23.1 Å². The van der Waals surface area contributed by atoms with Crippen LogP contribution in [0, 0.1) is 5.92 Å². The Morgan fingerprint density at radius 3 is 2.65 bits per heavy atom. The van der Waals surface area contributed by atoms with Crippen molar-refractivity contribution >= 4 is 5.91 Å². The van der Waals surface area contributed by atoms with Crippen molar-refractivity contribution in [2.75, 3.05) is 27.3 Å². The van der Waals surface area contributed by atoms with Gasteiger partial charge in [0.1, 0.15) is 0 Å². The van der Waals surface area contributed by atoms with Crippen LogP contribution in [0.3, 0.4) is 0 Å². The van der Waals surface area contributed by atoms with E-state index in [9.17, 15) is 4.79 Å². The number of aromatic nitrogens is 2. The first-order valence-electron chi connectivity index (χ1n) is 9.00. The zero-order valence-corrected chi connectivity index (χ0v) is 15.5. The fourth-order valence-electron chi connectivity index (χ4n) is 2.87. The number of carbonyl (C=O) groups is 1. The fraction of sp³-hybridized carbons (Fsp3) is 0.526. The van der Waals surface area contributed by atoms with Crippen molar-refractivity contribution < 1.29 is 18.8 Å². The third kappa shape index (κ3) is 4.15. The van der Waals surface area contributed by atoms with E-state index in [4.69, 9.17) is 14.0 Å². The molecule has 0 radical (unpaired) electrons. The number of ether oxygens (including phenoxy) is 2. The second kappa shape index (κ2) is 8.21. The molecule has 1 aliphatic carbocycles. The summed E-state index contributed by atoms with van der Waals surface area (Å²) in [6.07, 6.45) is 3.53. The molecule has 1 aromatic carbocycles. The Morgan fingerprint density at radius 1 is 1.23 bits per heavy atom. The van der Waals surface area contributed by atoms with Crippen LogP contribution < -0.4 is 9.47 Å². The summed E-state index contributed by atoms with van der Waals surface area (Å²) in [5, 5.41) is 4.05. The summed E-state index contributed by atoms with van der Waals surface area (Å²) in [6, 6.07) is 5.48. The van der Waals surface area contributed by atoms with Crippen LogP contribution in [-0.2, 0) is 11.2 Å². The van der Waals surface area contributed by atoms with E-state index < -0.39 is 0 Å². The highest BCUT2D eigenvalue weighted by atomic mass is 16.5. The van der Waals surface area contributed by atoms with Crippen molar-refractivity contribution in [1.29, 1.82) is 0 Å². The number of nitrogens with zero attached hydrogens (tertiary/aromatic N) is 3. The van der Waals surface area contributed by atoms with Crippen LogP contribution in [-0.4, -0.2) is 48.3 Å². The van der Waals surface area contributed by atoms with Crippen molar-refractivity contribution in [2.24, 2.45) is 5.92 Å². The van der Waals surface area contributed by atoms with Crippen molar-refractivity contribution in [3.63, 3.8) is 0 Å². The minimum absolute atomic E-state index is 0.228. The van der Waals surface area contributed by atoms with E-state index in [2.05, 4.69) is 17.1 Å².